The molecular weight excluding hydrogens is 368 g/mol. The van der Waals surface area contributed by atoms with Crippen molar-refractivity contribution in [2.45, 2.75) is 19.3 Å². The summed E-state index contributed by atoms with van der Waals surface area (Å²) in [5.74, 6) is 0.230. The standard InChI is InChI=1S/C16H14OS2.H2O4S/c17-16-12(10-14-6-2-8-18-14)4-1-5-13(16)11-15-7-3-9-19-15;1-5(2,3)4/h2-3,6-11H,1,4-5H2;(H2,1,2,3,4)/b12-10+,13-11+;. The van der Waals surface area contributed by atoms with Crippen LogP contribution in [-0.4, -0.2) is 23.3 Å². The van der Waals surface area contributed by atoms with Crippen LogP contribution in [0.1, 0.15) is 29.0 Å². The minimum absolute atomic E-state index is 0.230. The van der Waals surface area contributed by atoms with Crippen LogP contribution in [0.25, 0.3) is 12.2 Å². The largest absolute Gasteiger partial charge is 0.394 e. The van der Waals surface area contributed by atoms with Gasteiger partial charge in [-0.15, -0.1) is 22.7 Å². The summed E-state index contributed by atoms with van der Waals surface area (Å²) in [7, 11) is -4.67. The predicted octanol–water partition coefficient (Wildman–Crippen LogP) is 4.38. The average molecular weight is 384 g/mol. The highest BCUT2D eigenvalue weighted by atomic mass is 32.3. The maximum absolute atomic E-state index is 12.5. The molecule has 1 aliphatic rings. The van der Waals surface area contributed by atoms with E-state index in [2.05, 4.69) is 24.3 Å². The van der Waals surface area contributed by atoms with E-state index in [0.717, 1.165) is 30.4 Å². The van der Waals surface area contributed by atoms with Crippen molar-refractivity contribution in [2.75, 3.05) is 0 Å². The molecule has 2 aromatic heterocycles. The molecule has 8 heteroatoms. The van der Waals surface area contributed by atoms with Crippen LogP contribution < -0.4 is 0 Å². The van der Waals surface area contributed by atoms with Crippen LogP contribution in [0.15, 0.2) is 46.2 Å². The first kappa shape index (κ1) is 18.8. The zero-order valence-corrected chi connectivity index (χ0v) is 15.0. The molecule has 1 saturated carbocycles. The summed E-state index contributed by atoms with van der Waals surface area (Å²) in [6.07, 6.45) is 6.97. The van der Waals surface area contributed by atoms with E-state index in [9.17, 15) is 4.79 Å². The molecule has 1 aliphatic carbocycles. The second-order valence-electron chi connectivity index (χ2n) is 5.00. The fourth-order valence-corrected chi connectivity index (χ4v) is 3.63. The van der Waals surface area contributed by atoms with Gasteiger partial charge >= 0.3 is 10.4 Å². The topological polar surface area (TPSA) is 91.7 Å². The molecule has 0 bridgehead atoms. The van der Waals surface area contributed by atoms with E-state index >= 15 is 0 Å². The number of thiophene rings is 2. The molecule has 1 fully saturated rings. The van der Waals surface area contributed by atoms with E-state index in [1.807, 2.05) is 22.9 Å². The van der Waals surface area contributed by atoms with Crippen molar-refractivity contribution >= 4 is 51.0 Å². The Labute approximate surface area is 148 Å². The summed E-state index contributed by atoms with van der Waals surface area (Å²) in [6.45, 7) is 0. The van der Waals surface area contributed by atoms with Crippen LogP contribution in [0.3, 0.4) is 0 Å². The third-order valence-corrected chi connectivity index (χ3v) is 4.83. The van der Waals surface area contributed by atoms with Crippen molar-refractivity contribution in [2.24, 2.45) is 0 Å². The molecular formula is C16H16O5S3. The van der Waals surface area contributed by atoms with Gasteiger partial charge in [0.15, 0.2) is 5.78 Å². The van der Waals surface area contributed by atoms with E-state index in [-0.39, 0.29) is 5.78 Å². The molecule has 2 aromatic rings. The van der Waals surface area contributed by atoms with E-state index in [0.29, 0.717) is 0 Å². The lowest BCUT2D eigenvalue weighted by Gasteiger charge is -2.15. The van der Waals surface area contributed by atoms with Crippen LogP contribution in [0, 0.1) is 0 Å². The van der Waals surface area contributed by atoms with Gasteiger partial charge in [0.25, 0.3) is 0 Å². The van der Waals surface area contributed by atoms with Gasteiger partial charge in [-0.3, -0.25) is 13.9 Å². The van der Waals surface area contributed by atoms with Gasteiger partial charge in [-0.25, -0.2) is 0 Å². The summed E-state index contributed by atoms with van der Waals surface area (Å²) >= 11 is 3.36. The molecule has 2 N–H and O–H groups in total. The fraction of sp³-hybridized carbons (Fsp3) is 0.188. The molecule has 3 rings (SSSR count). The molecule has 0 amide bonds. The smallest absolute Gasteiger partial charge is 0.289 e. The van der Waals surface area contributed by atoms with Crippen LogP contribution in [0.2, 0.25) is 0 Å². The van der Waals surface area contributed by atoms with Crippen molar-refractivity contribution in [3.63, 3.8) is 0 Å². The summed E-state index contributed by atoms with van der Waals surface area (Å²) in [5.41, 5.74) is 1.91. The van der Waals surface area contributed by atoms with Crippen LogP contribution in [-0.2, 0) is 15.2 Å². The van der Waals surface area contributed by atoms with E-state index in [1.165, 1.54) is 9.75 Å². The molecule has 0 saturated heterocycles. The monoisotopic (exact) mass is 384 g/mol. The zero-order valence-electron chi connectivity index (χ0n) is 12.6. The van der Waals surface area contributed by atoms with Gasteiger partial charge in [0.05, 0.1) is 0 Å². The van der Waals surface area contributed by atoms with Gasteiger partial charge in [-0.05, 0) is 54.3 Å². The highest BCUT2D eigenvalue weighted by molar-refractivity contribution is 7.79. The Morgan fingerprint density at radius 1 is 0.917 bits per heavy atom. The fourth-order valence-electron chi connectivity index (χ4n) is 2.27. The highest BCUT2D eigenvalue weighted by Gasteiger charge is 2.20. The summed E-state index contributed by atoms with van der Waals surface area (Å²) in [4.78, 5) is 14.8. The quantitative estimate of drug-likeness (QED) is 0.592. The molecule has 2 heterocycles. The molecule has 0 atom stereocenters. The second kappa shape index (κ2) is 8.50. The second-order valence-corrected chi connectivity index (χ2v) is 7.85. The van der Waals surface area contributed by atoms with Gasteiger partial charge in [0.1, 0.15) is 0 Å². The number of carbonyl (C=O) groups excluding carboxylic acids is 1. The maximum Gasteiger partial charge on any atom is 0.394 e. The van der Waals surface area contributed by atoms with Crippen molar-refractivity contribution < 1.29 is 22.3 Å². The summed E-state index contributed by atoms with van der Waals surface area (Å²) in [6, 6.07) is 8.16. The van der Waals surface area contributed by atoms with E-state index < -0.39 is 10.4 Å². The Morgan fingerprint density at radius 2 is 1.33 bits per heavy atom. The number of Topliss-reactive ketones (excluding diaryl/α,β-unsaturated/α-hetero) is 1. The Hall–Kier alpha value is -1.58. The van der Waals surface area contributed by atoms with Crippen molar-refractivity contribution in [3.05, 3.63) is 55.9 Å². The van der Waals surface area contributed by atoms with E-state index in [4.69, 9.17) is 17.5 Å². The number of allylic oxidation sites excluding steroid dienone is 2. The van der Waals surface area contributed by atoms with Gasteiger partial charge in [0.2, 0.25) is 0 Å². The number of hydrogen-bond acceptors (Lipinski definition) is 5. The number of ketones is 1. The zero-order chi connectivity index (χ0) is 17.6. The molecule has 0 spiro atoms. The number of rotatable bonds is 2. The average Bonchev–Trinajstić information content (AvgIpc) is 3.15. The minimum atomic E-state index is -4.67. The summed E-state index contributed by atoms with van der Waals surface area (Å²) < 4.78 is 31.6. The molecule has 0 aliphatic heterocycles. The normalized spacial score (nSPS) is 18.5. The lowest BCUT2D eigenvalue weighted by atomic mass is 9.88. The Bertz CT molecular complexity index is 766. The van der Waals surface area contributed by atoms with Gasteiger partial charge in [-0.2, -0.15) is 8.42 Å². The third kappa shape index (κ3) is 6.50. The molecule has 0 aromatic carbocycles. The summed E-state index contributed by atoms with van der Waals surface area (Å²) in [5, 5.41) is 4.09. The van der Waals surface area contributed by atoms with E-state index in [1.54, 1.807) is 22.7 Å². The van der Waals surface area contributed by atoms with Gasteiger partial charge in [-0.1, -0.05) is 12.1 Å². The van der Waals surface area contributed by atoms with Crippen LogP contribution >= 0.6 is 22.7 Å². The molecule has 5 nitrogen and oxygen atoms in total. The van der Waals surface area contributed by atoms with Crippen molar-refractivity contribution in [1.29, 1.82) is 0 Å². The Balaban J connectivity index is 0.000000368. The van der Waals surface area contributed by atoms with Gasteiger partial charge < -0.3 is 0 Å². The number of carbonyl (C=O) groups is 1. The first-order valence-electron chi connectivity index (χ1n) is 7.05. The SMILES string of the molecule is O=C1/C(=C/c2cccs2)CCC/C1=C\c1cccs1.O=S(=O)(O)O. The minimum Gasteiger partial charge on any atom is -0.289 e. The highest BCUT2D eigenvalue weighted by Crippen LogP contribution is 2.29. The molecule has 0 radical (unpaired) electrons. The predicted molar refractivity (Wildman–Crippen MR) is 97.6 cm³/mol. The van der Waals surface area contributed by atoms with Crippen LogP contribution in [0.4, 0.5) is 0 Å². The number of hydrogen-bond donors (Lipinski definition) is 2. The van der Waals surface area contributed by atoms with Crippen molar-refractivity contribution in [1.82, 2.24) is 0 Å². The van der Waals surface area contributed by atoms with Gasteiger partial charge in [0, 0.05) is 20.9 Å². The Kier molecular flexibility index (Phi) is 6.64. The molecule has 0 unspecified atom stereocenters. The maximum atomic E-state index is 12.5. The van der Waals surface area contributed by atoms with Crippen LogP contribution in [0.5, 0.6) is 0 Å². The molecule has 24 heavy (non-hydrogen) atoms. The van der Waals surface area contributed by atoms with Crippen molar-refractivity contribution in [3.8, 4) is 0 Å². The Morgan fingerprint density at radius 3 is 1.67 bits per heavy atom. The third-order valence-electron chi connectivity index (χ3n) is 3.19. The molecule has 128 valence electrons. The first-order valence-corrected chi connectivity index (χ1v) is 10.2. The lowest BCUT2D eigenvalue weighted by Crippen LogP contribution is -2.11. The lowest BCUT2D eigenvalue weighted by molar-refractivity contribution is -0.112. The first-order chi connectivity index (χ1) is 11.3.